The molecule has 25 heavy (non-hydrogen) atoms. The highest BCUT2D eigenvalue weighted by atomic mass is 32.2. The van der Waals surface area contributed by atoms with Crippen LogP contribution in [0.25, 0.3) is 10.4 Å². The number of nitrogens with two attached hydrogens (primary N) is 1. The van der Waals surface area contributed by atoms with Crippen LogP contribution < -0.4 is 5.14 Å². The van der Waals surface area contributed by atoms with Gasteiger partial charge in [0.15, 0.2) is 0 Å². The lowest BCUT2D eigenvalue weighted by molar-refractivity contribution is 0.597. The molecule has 0 saturated heterocycles. The zero-order valence-electron chi connectivity index (χ0n) is 13.1. The summed E-state index contributed by atoms with van der Waals surface area (Å²) in [6, 6.07) is 13.2. The van der Waals surface area contributed by atoms with Crippen LogP contribution >= 0.6 is 11.3 Å². The summed E-state index contributed by atoms with van der Waals surface area (Å²) >= 11 is 1.58. The van der Waals surface area contributed by atoms with Crippen molar-refractivity contribution >= 4 is 21.4 Å². The van der Waals surface area contributed by atoms with Gasteiger partial charge >= 0.3 is 0 Å². The topological polar surface area (TPSA) is 73.1 Å². The van der Waals surface area contributed by atoms with E-state index in [0.717, 1.165) is 27.4 Å². The van der Waals surface area contributed by atoms with Crippen molar-refractivity contribution in [3.05, 3.63) is 71.1 Å². The van der Waals surface area contributed by atoms with Crippen molar-refractivity contribution < 1.29 is 12.8 Å². The molecule has 2 aromatic carbocycles. The first kappa shape index (κ1) is 16.4. The van der Waals surface area contributed by atoms with E-state index in [1.54, 1.807) is 35.7 Å². The summed E-state index contributed by atoms with van der Waals surface area (Å²) in [7, 11) is -3.66. The van der Waals surface area contributed by atoms with Crippen molar-refractivity contribution in [2.24, 2.45) is 5.14 Å². The van der Waals surface area contributed by atoms with Crippen LogP contribution in [0.1, 0.15) is 28.8 Å². The van der Waals surface area contributed by atoms with Gasteiger partial charge in [0.05, 0.1) is 14.8 Å². The van der Waals surface area contributed by atoms with Crippen LogP contribution in [0, 0.1) is 5.82 Å². The van der Waals surface area contributed by atoms with Crippen molar-refractivity contribution in [1.29, 1.82) is 0 Å². The van der Waals surface area contributed by atoms with Crippen molar-refractivity contribution in [2.75, 3.05) is 0 Å². The molecule has 7 heteroatoms. The number of primary sulfonamides is 1. The monoisotopic (exact) mass is 374 g/mol. The lowest BCUT2D eigenvalue weighted by atomic mass is 10.1. The van der Waals surface area contributed by atoms with Crippen molar-refractivity contribution in [2.45, 2.75) is 23.2 Å². The minimum absolute atomic E-state index is 0.121. The Balaban J connectivity index is 1.52. The van der Waals surface area contributed by atoms with E-state index in [0.29, 0.717) is 11.8 Å². The molecule has 0 unspecified atom stereocenters. The number of hydrogen-bond donors (Lipinski definition) is 1. The van der Waals surface area contributed by atoms with Gasteiger partial charge in [-0.3, -0.25) is 0 Å². The maximum atomic E-state index is 13.4. The molecule has 1 aliphatic rings. The van der Waals surface area contributed by atoms with Crippen LogP contribution in [-0.2, 0) is 10.0 Å². The zero-order valence-corrected chi connectivity index (χ0v) is 14.7. The first-order valence-electron chi connectivity index (χ1n) is 7.76. The second-order valence-electron chi connectivity index (χ2n) is 6.14. The smallest absolute Gasteiger partial charge is 0.238 e. The molecular weight excluding hydrogens is 359 g/mol. The maximum Gasteiger partial charge on any atom is 0.238 e. The first-order valence-corrected chi connectivity index (χ1v) is 10.1. The molecule has 1 aliphatic carbocycles. The molecule has 2 atom stereocenters. The largest absolute Gasteiger partial charge is 0.249 e. The molecule has 0 bridgehead atoms. The fraction of sp³-hybridized carbons (Fsp3) is 0.167. The molecule has 1 fully saturated rings. The van der Waals surface area contributed by atoms with Gasteiger partial charge < -0.3 is 0 Å². The van der Waals surface area contributed by atoms with Crippen LogP contribution in [0.3, 0.4) is 0 Å². The van der Waals surface area contributed by atoms with Crippen molar-refractivity contribution in [1.82, 2.24) is 4.98 Å². The van der Waals surface area contributed by atoms with Crippen LogP contribution in [0.4, 0.5) is 4.39 Å². The fourth-order valence-corrected chi connectivity index (χ4v) is 4.58. The summed E-state index contributed by atoms with van der Waals surface area (Å²) in [5.41, 5.74) is 1.92. The fourth-order valence-electron chi connectivity index (χ4n) is 2.98. The number of sulfonamides is 1. The molecule has 0 spiro atoms. The predicted octanol–water partition coefficient (Wildman–Crippen LogP) is 3.87. The van der Waals surface area contributed by atoms with Gasteiger partial charge in [-0.05, 0) is 47.7 Å². The van der Waals surface area contributed by atoms with Crippen molar-refractivity contribution in [3.8, 4) is 10.4 Å². The van der Waals surface area contributed by atoms with Crippen LogP contribution in [0.15, 0.2) is 59.6 Å². The second-order valence-corrected chi connectivity index (χ2v) is 8.76. The summed E-state index contributed by atoms with van der Waals surface area (Å²) < 4.78 is 36.0. The van der Waals surface area contributed by atoms with Gasteiger partial charge in [-0.1, -0.05) is 24.3 Å². The number of nitrogens with zero attached hydrogens (tertiary/aromatic N) is 1. The van der Waals surface area contributed by atoms with Gasteiger partial charge in [0, 0.05) is 12.1 Å². The van der Waals surface area contributed by atoms with E-state index in [-0.39, 0.29) is 10.7 Å². The van der Waals surface area contributed by atoms with E-state index in [9.17, 15) is 12.8 Å². The van der Waals surface area contributed by atoms with E-state index in [4.69, 9.17) is 5.14 Å². The summed E-state index contributed by atoms with van der Waals surface area (Å²) in [5.74, 6) is 0.403. The van der Waals surface area contributed by atoms with Gasteiger partial charge in [0.1, 0.15) is 5.82 Å². The molecule has 0 aliphatic heterocycles. The van der Waals surface area contributed by atoms with E-state index in [1.807, 2.05) is 18.2 Å². The molecule has 2 N–H and O–H groups in total. The molecule has 1 saturated carbocycles. The van der Waals surface area contributed by atoms with E-state index < -0.39 is 10.0 Å². The third kappa shape index (κ3) is 3.35. The lowest BCUT2D eigenvalue weighted by Crippen LogP contribution is -2.11. The van der Waals surface area contributed by atoms with Gasteiger partial charge in [-0.2, -0.15) is 0 Å². The number of aromatic nitrogens is 1. The Hall–Kier alpha value is -2.09. The average molecular weight is 374 g/mol. The molecule has 4 nitrogen and oxygen atoms in total. The number of benzene rings is 2. The highest BCUT2D eigenvalue weighted by molar-refractivity contribution is 7.89. The van der Waals surface area contributed by atoms with Gasteiger partial charge in [-0.25, -0.2) is 22.9 Å². The summed E-state index contributed by atoms with van der Waals surface area (Å²) in [4.78, 5) is 5.57. The quantitative estimate of drug-likeness (QED) is 0.753. The normalized spacial score (nSPS) is 19.8. The number of thiazole rings is 1. The molecular formula is C18H15FN2O2S2. The Labute approximate surface area is 149 Å². The molecule has 0 amide bonds. The first-order chi connectivity index (χ1) is 11.9. The van der Waals surface area contributed by atoms with Gasteiger partial charge in [-0.15, -0.1) is 11.3 Å². The third-order valence-electron chi connectivity index (χ3n) is 4.38. The zero-order chi connectivity index (χ0) is 17.6. The van der Waals surface area contributed by atoms with Crippen LogP contribution in [0.2, 0.25) is 0 Å². The minimum Gasteiger partial charge on any atom is -0.249 e. The number of halogens is 1. The lowest BCUT2D eigenvalue weighted by Gasteiger charge is -2.01. The highest BCUT2D eigenvalue weighted by Gasteiger charge is 2.41. The second kappa shape index (κ2) is 6.01. The molecule has 1 aromatic heterocycles. The Morgan fingerprint density at radius 2 is 1.88 bits per heavy atom. The van der Waals surface area contributed by atoms with Crippen LogP contribution in [-0.4, -0.2) is 13.4 Å². The van der Waals surface area contributed by atoms with E-state index in [2.05, 4.69) is 4.98 Å². The molecule has 0 radical (unpaired) electrons. The summed E-state index contributed by atoms with van der Waals surface area (Å²) in [5, 5.41) is 6.15. The summed E-state index contributed by atoms with van der Waals surface area (Å²) in [6.45, 7) is 0. The molecule has 1 heterocycles. The van der Waals surface area contributed by atoms with E-state index in [1.165, 1.54) is 12.1 Å². The third-order valence-corrected chi connectivity index (χ3v) is 6.48. The maximum absolute atomic E-state index is 13.4. The SMILES string of the molecule is NS(=O)(=O)c1ccc([C@H]2C[C@@H]2c2ncc(-c3cccc(F)c3)s2)cc1. The number of rotatable bonds is 4. The minimum atomic E-state index is -3.66. The molecule has 128 valence electrons. The highest BCUT2D eigenvalue weighted by Crippen LogP contribution is 2.55. The Kier molecular flexibility index (Phi) is 3.94. The Morgan fingerprint density at radius 3 is 2.56 bits per heavy atom. The standard InChI is InChI=1S/C18H15FN2O2S2/c19-13-3-1-2-12(8-13)17-10-21-18(24-17)16-9-15(16)11-4-6-14(7-5-11)25(20,22)23/h1-8,10,15-16H,9H2,(H2,20,22,23)/t15-,16+/m1/s1. The van der Waals surface area contributed by atoms with E-state index >= 15 is 0 Å². The van der Waals surface area contributed by atoms with Crippen molar-refractivity contribution in [3.63, 3.8) is 0 Å². The number of hydrogen-bond acceptors (Lipinski definition) is 4. The molecule has 3 aromatic rings. The predicted molar refractivity (Wildman–Crippen MR) is 95.4 cm³/mol. The Bertz CT molecular complexity index is 1030. The van der Waals surface area contributed by atoms with Crippen LogP contribution in [0.5, 0.6) is 0 Å². The Morgan fingerprint density at radius 1 is 1.12 bits per heavy atom. The average Bonchev–Trinajstić information content (AvgIpc) is 3.22. The molecule has 4 rings (SSSR count). The summed E-state index contributed by atoms with van der Waals surface area (Å²) in [6.07, 6.45) is 2.76. The van der Waals surface area contributed by atoms with Gasteiger partial charge in [0.2, 0.25) is 10.0 Å². The van der Waals surface area contributed by atoms with Gasteiger partial charge in [0.25, 0.3) is 0 Å².